The molecule has 0 aliphatic rings. The van der Waals surface area contributed by atoms with Gasteiger partial charge in [-0.2, -0.15) is 5.10 Å². The summed E-state index contributed by atoms with van der Waals surface area (Å²) < 4.78 is 7.27. The van der Waals surface area contributed by atoms with Crippen LogP contribution in [0.5, 0.6) is 5.75 Å². The number of benzene rings is 1. The molecule has 0 radical (unpaired) electrons. The van der Waals surface area contributed by atoms with Crippen molar-refractivity contribution < 1.29 is 14.6 Å². The molecule has 0 atom stereocenters. The Labute approximate surface area is 123 Å². The minimum absolute atomic E-state index is 0.188. The van der Waals surface area contributed by atoms with Crippen LogP contribution in [0.4, 0.5) is 0 Å². The Morgan fingerprint density at radius 2 is 2.19 bits per heavy atom. The molecular formula is C15H19N3O3. The second-order valence-corrected chi connectivity index (χ2v) is 4.67. The SMILES string of the molecule is Cn1cc(CCNCCOc2ccccc2C(=O)O)cn1. The van der Waals surface area contributed by atoms with Gasteiger partial charge >= 0.3 is 5.97 Å². The summed E-state index contributed by atoms with van der Waals surface area (Å²) in [7, 11) is 1.89. The summed E-state index contributed by atoms with van der Waals surface area (Å²) in [6.45, 7) is 1.92. The zero-order chi connectivity index (χ0) is 15.1. The predicted molar refractivity (Wildman–Crippen MR) is 78.7 cm³/mol. The highest BCUT2D eigenvalue weighted by Gasteiger charge is 2.09. The van der Waals surface area contributed by atoms with E-state index in [1.807, 2.05) is 19.4 Å². The molecule has 0 aliphatic heterocycles. The smallest absolute Gasteiger partial charge is 0.339 e. The average Bonchev–Trinajstić information content (AvgIpc) is 2.88. The fourth-order valence-electron chi connectivity index (χ4n) is 1.96. The monoisotopic (exact) mass is 289 g/mol. The van der Waals surface area contributed by atoms with Gasteiger partial charge in [-0.15, -0.1) is 0 Å². The number of nitrogens with one attached hydrogen (secondary N) is 1. The molecule has 0 bridgehead atoms. The molecule has 0 unspecified atom stereocenters. The Morgan fingerprint density at radius 3 is 2.90 bits per heavy atom. The van der Waals surface area contributed by atoms with Crippen LogP contribution >= 0.6 is 0 Å². The van der Waals surface area contributed by atoms with Gasteiger partial charge in [0.25, 0.3) is 0 Å². The molecule has 0 saturated heterocycles. The van der Waals surface area contributed by atoms with Crippen LogP contribution in [0.3, 0.4) is 0 Å². The number of rotatable bonds is 8. The lowest BCUT2D eigenvalue weighted by Crippen LogP contribution is -2.23. The van der Waals surface area contributed by atoms with Gasteiger partial charge < -0.3 is 15.2 Å². The molecule has 21 heavy (non-hydrogen) atoms. The maximum absolute atomic E-state index is 11.0. The second kappa shape index (κ2) is 7.44. The third kappa shape index (κ3) is 4.61. The van der Waals surface area contributed by atoms with E-state index in [-0.39, 0.29) is 5.56 Å². The van der Waals surface area contributed by atoms with Gasteiger partial charge in [0, 0.05) is 19.8 Å². The van der Waals surface area contributed by atoms with Gasteiger partial charge in [0.1, 0.15) is 17.9 Å². The minimum Gasteiger partial charge on any atom is -0.491 e. The number of ether oxygens (including phenoxy) is 1. The van der Waals surface area contributed by atoms with E-state index in [2.05, 4.69) is 10.4 Å². The molecule has 0 aliphatic carbocycles. The van der Waals surface area contributed by atoms with E-state index in [1.165, 1.54) is 11.6 Å². The van der Waals surface area contributed by atoms with E-state index in [4.69, 9.17) is 9.84 Å². The van der Waals surface area contributed by atoms with E-state index in [1.54, 1.807) is 22.9 Å². The molecule has 0 saturated carbocycles. The largest absolute Gasteiger partial charge is 0.491 e. The van der Waals surface area contributed by atoms with Crippen LogP contribution in [-0.2, 0) is 13.5 Å². The Bertz CT molecular complexity index is 595. The van der Waals surface area contributed by atoms with Crippen LogP contribution in [0, 0.1) is 0 Å². The fourth-order valence-corrected chi connectivity index (χ4v) is 1.96. The van der Waals surface area contributed by atoms with Gasteiger partial charge in [-0.05, 0) is 30.7 Å². The molecular weight excluding hydrogens is 270 g/mol. The summed E-state index contributed by atoms with van der Waals surface area (Å²) >= 11 is 0. The Hall–Kier alpha value is -2.34. The highest BCUT2D eigenvalue weighted by molar-refractivity contribution is 5.90. The van der Waals surface area contributed by atoms with Gasteiger partial charge in [-0.1, -0.05) is 12.1 Å². The van der Waals surface area contributed by atoms with Gasteiger partial charge in [-0.3, -0.25) is 4.68 Å². The average molecular weight is 289 g/mol. The summed E-state index contributed by atoms with van der Waals surface area (Å²) in [5, 5.41) is 16.4. The normalized spacial score (nSPS) is 10.5. The standard InChI is InChI=1S/C15H19N3O3/c1-18-11-12(10-17-18)6-7-16-8-9-21-14-5-3-2-4-13(14)15(19)20/h2-5,10-11,16H,6-9H2,1H3,(H,19,20). The van der Waals surface area contributed by atoms with Crippen molar-refractivity contribution in [3.63, 3.8) is 0 Å². The van der Waals surface area contributed by atoms with Gasteiger partial charge in [-0.25, -0.2) is 4.79 Å². The maximum Gasteiger partial charge on any atom is 0.339 e. The summed E-state index contributed by atoms with van der Waals surface area (Å²) in [4.78, 5) is 11.0. The number of hydrogen-bond acceptors (Lipinski definition) is 4. The Kier molecular flexibility index (Phi) is 5.34. The number of nitrogens with zero attached hydrogens (tertiary/aromatic N) is 2. The minimum atomic E-state index is -0.977. The first-order valence-electron chi connectivity index (χ1n) is 6.80. The summed E-state index contributed by atoms with van der Waals surface area (Å²) in [5.41, 5.74) is 1.37. The number of carbonyl (C=O) groups is 1. The second-order valence-electron chi connectivity index (χ2n) is 4.67. The third-order valence-corrected chi connectivity index (χ3v) is 3.00. The van der Waals surface area contributed by atoms with Crippen molar-refractivity contribution in [2.24, 2.45) is 7.05 Å². The molecule has 2 rings (SSSR count). The van der Waals surface area contributed by atoms with Crippen LogP contribution in [0.1, 0.15) is 15.9 Å². The quantitative estimate of drug-likeness (QED) is 0.717. The first kappa shape index (κ1) is 15.1. The number of aromatic nitrogens is 2. The molecule has 0 spiro atoms. The van der Waals surface area contributed by atoms with E-state index in [9.17, 15) is 4.79 Å². The number of aromatic carboxylic acids is 1. The Morgan fingerprint density at radius 1 is 1.38 bits per heavy atom. The number of carboxylic acids is 1. The highest BCUT2D eigenvalue weighted by Crippen LogP contribution is 2.17. The molecule has 0 fully saturated rings. The number of aryl methyl sites for hydroxylation is 1. The predicted octanol–water partition coefficient (Wildman–Crippen LogP) is 1.33. The summed E-state index contributed by atoms with van der Waals surface area (Å²) in [5.74, 6) is -0.575. The summed E-state index contributed by atoms with van der Waals surface area (Å²) in [6, 6.07) is 6.65. The van der Waals surface area contributed by atoms with Crippen LogP contribution in [0.15, 0.2) is 36.7 Å². The maximum atomic E-state index is 11.0. The van der Waals surface area contributed by atoms with Gasteiger partial charge in [0.15, 0.2) is 0 Å². The molecule has 6 nitrogen and oxygen atoms in total. The van der Waals surface area contributed by atoms with Crippen molar-refractivity contribution in [1.29, 1.82) is 0 Å². The molecule has 112 valence electrons. The van der Waals surface area contributed by atoms with Gasteiger partial charge in [0.2, 0.25) is 0 Å². The van der Waals surface area contributed by atoms with E-state index in [0.29, 0.717) is 18.9 Å². The number of carboxylic acid groups (broad SMARTS) is 1. The van der Waals surface area contributed by atoms with E-state index < -0.39 is 5.97 Å². The lowest BCUT2D eigenvalue weighted by atomic mass is 10.2. The zero-order valence-electron chi connectivity index (χ0n) is 12.0. The lowest BCUT2D eigenvalue weighted by Gasteiger charge is -2.09. The molecule has 6 heteroatoms. The summed E-state index contributed by atoms with van der Waals surface area (Å²) in [6.07, 6.45) is 4.74. The molecule has 1 aromatic carbocycles. The first-order valence-corrected chi connectivity index (χ1v) is 6.80. The van der Waals surface area contributed by atoms with Crippen molar-refractivity contribution >= 4 is 5.97 Å². The fraction of sp³-hybridized carbons (Fsp3) is 0.333. The molecule has 2 N–H and O–H groups in total. The Balaban J connectivity index is 1.67. The van der Waals surface area contributed by atoms with Crippen molar-refractivity contribution in [3.05, 3.63) is 47.8 Å². The number of para-hydroxylation sites is 1. The number of hydrogen-bond donors (Lipinski definition) is 2. The van der Waals surface area contributed by atoms with E-state index in [0.717, 1.165) is 13.0 Å². The van der Waals surface area contributed by atoms with Gasteiger partial charge in [0.05, 0.1) is 6.20 Å². The van der Waals surface area contributed by atoms with Crippen molar-refractivity contribution in [2.75, 3.05) is 19.7 Å². The molecule has 1 aromatic heterocycles. The van der Waals surface area contributed by atoms with Crippen LogP contribution in [-0.4, -0.2) is 40.6 Å². The van der Waals surface area contributed by atoms with Crippen LogP contribution in [0.25, 0.3) is 0 Å². The highest BCUT2D eigenvalue weighted by atomic mass is 16.5. The van der Waals surface area contributed by atoms with Crippen molar-refractivity contribution in [2.45, 2.75) is 6.42 Å². The van der Waals surface area contributed by atoms with Crippen LogP contribution in [0.2, 0.25) is 0 Å². The van der Waals surface area contributed by atoms with E-state index >= 15 is 0 Å². The van der Waals surface area contributed by atoms with Crippen molar-refractivity contribution in [1.82, 2.24) is 15.1 Å². The zero-order valence-corrected chi connectivity index (χ0v) is 12.0. The molecule has 2 aromatic rings. The van der Waals surface area contributed by atoms with Crippen molar-refractivity contribution in [3.8, 4) is 5.75 Å². The first-order chi connectivity index (χ1) is 10.2. The molecule has 1 heterocycles. The lowest BCUT2D eigenvalue weighted by molar-refractivity contribution is 0.0692. The van der Waals surface area contributed by atoms with Crippen LogP contribution < -0.4 is 10.1 Å². The topological polar surface area (TPSA) is 76.4 Å². The molecule has 0 amide bonds. The third-order valence-electron chi connectivity index (χ3n) is 3.00.